The van der Waals surface area contributed by atoms with Crippen molar-refractivity contribution in [2.75, 3.05) is 38.1 Å². The molecule has 2 saturated heterocycles. The molecular formula is C18H24BrN3O3. The van der Waals surface area contributed by atoms with Crippen LogP contribution in [0.2, 0.25) is 0 Å². The Bertz CT molecular complexity index is 626. The largest absolute Gasteiger partial charge is 0.368 e. The zero-order valence-corrected chi connectivity index (χ0v) is 16.0. The van der Waals surface area contributed by atoms with E-state index < -0.39 is 0 Å². The summed E-state index contributed by atoms with van der Waals surface area (Å²) in [5.74, 6) is 0.0698. The van der Waals surface area contributed by atoms with E-state index in [9.17, 15) is 9.59 Å². The summed E-state index contributed by atoms with van der Waals surface area (Å²) < 4.78 is 6.41. The van der Waals surface area contributed by atoms with E-state index in [0.717, 1.165) is 23.0 Å². The summed E-state index contributed by atoms with van der Waals surface area (Å²) in [6, 6.07) is 7.32. The summed E-state index contributed by atoms with van der Waals surface area (Å²) >= 11 is 3.40. The first kappa shape index (κ1) is 18.4. The van der Waals surface area contributed by atoms with Gasteiger partial charge < -0.3 is 15.0 Å². The van der Waals surface area contributed by atoms with Crippen molar-refractivity contribution >= 4 is 33.4 Å². The predicted molar refractivity (Wildman–Crippen MR) is 99.4 cm³/mol. The maximum Gasteiger partial charge on any atom is 0.251 e. The Labute approximate surface area is 156 Å². The van der Waals surface area contributed by atoms with Crippen LogP contribution in [-0.2, 0) is 14.3 Å². The molecule has 3 rings (SSSR count). The van der Waals surface area contributed by atoms with Crippen LogP contribution in [0.3, 0.4) is 0 Å². The monoisotopic (exact) mass is 409 g/mol. The number of hydrogen-bond acceptors (Lipinski definition) is 4. The maximum atomic E-state index is 12.5. The Balaban J connectivity index is 1.49. The number of carbonyl (C=O) groups excluding carboxylic acids is 2. The minimum atomic E-state index is -0.260. The van der Waals surface area contributed by atoms with Gasteiger partial charge in [0.2, 0.25) is 5.91 Å². The smallest absolute Gasteiger partial charge is 0.251 e. The molecule has 1 aromatic carbocycles. The summed E-state index contributed by atoms with van der Waals surface area (Å²) in [5, 5.41) is 2.95. The number of ether oxygens (including phenoxy) is 1. The zero-order valence-electron chi connectivity index (χ0n) is 14.4. The predicted octanol–water partition coefficient (Wildman–Crippen LogP) is 2.10. The van der Waals surface area contributed by atoms with Gasteiger partial charge in [0.25, 0.3) is 5.91 Å². The highest BCUT2D eigenvalue weighted by molar-refractivity contribution is 9.10. The van der Waals surface area contributed by atoms with Crippen molar-refractivity contribution in [2.24, 2.45) is 0 Å². The van der Waals surface area contributed by atoms with Crippen molar-refractivity contribution in [3.63, 3.8) is 0 Å². The highest BCUT2D eigenvalue weighted by atomic mass is 79.9. The third kappa shape index (κ3) is 4.59. The number of rotatable bonds is 4. The second-order valence-corrected chi connectivity index (χ2v) is 7.45. The van der Waals surface area contributed by atoms with Crippen molar-refractivity contribution in [3.8, 4) is 0 Å². The van der Waals surface area contributed by atoms with Gasteiger partial charge in [-0.15, -0.1) is 0 Å². The molecule has 0 aromatic heterocycles. The molecule has 136 valence electrons. The van der Waals surface area contributed by atoms with Crippen molar-refractivity contribution in [3.05, 3.63) is 28.7 Å². The van der Waals surface area contributed by atoms with E-state index in [1.807, 2.05) is 36.1 Å². The number of benzene rings is 1. The highest BCUT2D eigenvalue weighted by Gasteiger charge is 2.32. The Morgan fingerprint density at radius 1 is 1.28 bits per heavy atom. The summed E-state index contributed by atoms with van der Waals surface area (Å²) in [6.07, 6.45) is 1.53. The molecule has 7 heteroatoms. The molecule has 2 heterocycles. The van der Waals surface area contributed by atoms with E-state index in [2.05, 4.69) is 26.1 Å². The Morgan fingerprint density at radius 2 is 2.04 bits per heavy atom. The molecule has 6 nitrogen and oxygen atoms in total. The van der Waals surface area contributed by atoms with Gasteiger partial charge in [0.15, 0.2) is 0 Å². The topological polar surface area (TPSA) is 61.9 Å². The van der Waals surface area contributed by atoms with Gasteiger partial charge in [0.1, 0.15) is 6.10 Å². The minimum absolute atomic E-state index is 0.0306. The van der Waals surface area contributed by atoms with E-state index in [1.54, 1.807) is 0 Å². The molecule has 0 aliphatic carbocycles. The Kier molecular flexibility index (Phi) is 6.09. The van der Waals surface area contributed by atoms with Crippen LogP contribution in [0.15, 0.2) is 28.7 Å². The lowest BCUT2D eigenvalue weighted by molar-refractivity contribution is -0.143. The van der Waals surface area contributed by atoms with E-state index >= 15 is 0 Å². The van der Waals surface area contributed by atoms with Gasteiger partial charge in [0, 0.05) is 42.9 Å². The molecule has 0 bridgehead atoms. The van der Waals surface area contributed by atoms with Gasteiger partial charge in [0.05, 0.1) is 6.04 Å². The first-order valence-corrected chi connectivity index (χ1v) is 9.55. The van der Waals surface area contributed by atoms with Crippen LogP contribution < -0.4 is 5.32 Å². The van der Waals surface area contributed by atoms with Crippen LogP contribution in [0.5, 0.6) is 0 Å². The molecule has 2 aliphatic heterocycles. The molecule has 0 radical (unpaired) electrons. The summed E-state index contributed by atoms with van der Waals surface area (Å²) in [4.78, 5) is 28.8. The number of nitrogens with zero attached hydrogens (tertiary/aromatic N) is 2. The number of piperazine rings is 1. The van der Waals surface area contributed by atoms with Gasteiger partial charge in [-0.1, -0.05) is 22.0 Å². The van der Waals surface area contributed by atoms with Crippen LogP contribution in [-0.4, -0.2) is 66.5 Å². The first-order chi connectivity index (χ1) is 12.0. The third-order valence-corrected chi connectivity index (χ3v) is 5.34. The molecule has 2 atom stereocenters. The summed E-state index contributed by atoms with van der Waals surface area (Å²) in [6.45, 7) is 5.28. The van der Waals surface area contributed by atoms with Crippen LogP contribution in [0.1, 0.15) is 19.8 Å². The Hall–Kier alpha value is -1.44. The molecule has 2 fully saturated rings. The molecule has 2 aliphatic rings. The normalized spacial score (nSPS) is 22.6. The summed E-state index contributed by atoms with van der Waals surface area (Å²) in [5.41, 5.74) is 0.776. The highest BCUT2D eigenvalue weighted by Crippen LogP contribution is 2.18. The average Bonchev–Trinajstić information content (AvgIpc) is 3.15. The van der Waals surface area contributed by atoms with Gasteiger partial charge >= 0.3 is 0 Å². The number of hydrogen-bond donors (Lipinski definition) is 1. The number of amides is 2. The van der Waals surface area contributed by atoms with Crippen molar-refractivity contribution < 1.29 is 14.3 Å². The van der Waals surface area contributed by atoms with E-state index in [-0.39, 0.29) is 24.0 Å². The molecule has 2 amide bonds. The molecule has 0 spiro atoms. The number of halogens is 1. The second-order valence-electron chi connectivity index (χ2n) is 6.54. The van der Waals surface area contributed by atoms with Crippen LogP contribution in [0.25, 0.3) is 0 Å². The number of nitrogens with one attached hydrogen (secondary N) is 1. The van der Waals surface area contributed by atoms with E-state index in [0.29, 0.717) is 32.8 Å². The minimum Gasteiger partial charge on any atom is -0.368 e. The van der Waals surface area contributed by atoms with Gasteiger partial charge in [-0.3, -0.25) is 14.5 Å². The number of anilines is 1. The van der Waals surface area contributed by atoms with Crippen LogP contribution >= 0.6 is 15.9 Å². The fourth-order valence-electron chi connectivity index (χ4n) is 3.28. The fourth-order valence-corrected chi connectivity index (χ4v) is 3.68. The SMILES string of the molecule is CC(C(=O)Nc1cccc(Br)c1)N1CCN(C(=O)C2CCCO2)CC1. The lowest BCUT2D eigenvalue weighted by Gasteiger charge is -2.38. The molecule has 2 unspecified atom stereocenters. The molecule has 1 aromatic rings. The molecular weight excluding hydrogens is 386 g/mol. The van der Waals surface area contributed by atoms with Crippen molar-refractivity contribution in [1.29, 1.82) is 0 Å². The summed E-state index contributed by atoms with van der Waals surface area (Å²) in [7, 11) is 0. The van der Waals surface area contributed by atoms with Gasteiger partial charge in [-0.2, -0.15) is 0 Å². The van der Waals surface area contributed by atoms with Crippen molar-refractivity contribution in [1.82, 2.24) is 9.80 Å². The average molecular weight is 410 g/mol. The third-order valence-electron chi connectivity index (χ3n) is 4.85. The lowest BCUT2D eigenvalue weighted by atomic mass is 10.1. The number of carbonyl (C=O) groups is 2. The van der Waals surface area contributed by atoms with E-state index in [4.69, 9.17) is 4.74 Å². The van der Waals surface area contributed by atoms with Crippen LogP contribution in [0, 0.1) is 0 Å². The van der Waals surface area contributed by atoms with Gasteiger partial charge in [-0.25, -0.2) is 0 Å². The standard InChI is InChI=1S/C18H24BrN3O3/c1-13(17(23)20-15-5-2-4-14(19)12-15)21-7-9-22(10-8-21)18(24)16-6-3-11-25-16/h2,4-5,12-13,16H,3,6-11H2,1H3,(H,20,23). The molecule has 25 heavy (non-hydrogen) atoms. The van der Waals surface area contributed by atoms with Crippen molar-refractivity contribution in [2.45, 2.75) is 31.9 Å². The second kappa shape index (κ2) is 8.29. The maximum absolute atomic E-state index is 12.5. The fraction of sp³-hybridized carbons (Fsp3) is 0.556. The first-order valence-electron chi connectivity index (χ1n) is 8.75. The zero-order chi connectivity index (χ0) is 17.8. The Morgan fingerprint density at radius 3 is 2.68 bits per heavy atom. The van der Waals surface area contributed by atoms with Gasteiger partial charge in [-0.05, 0) is 38.0 Å². The lowest BCUT2D eigenvalue weighted by Crippen LogP contribution is -2.55. The van der Waals surface area contributed by atoms with E-state index in [1.165, 1.54) is 0 Å². The molecule has 0 saturated carbocycles. The molecule has 1 N–H and O–H groups in total. The van der Waals surface area contributed by atoms with Crippen LogP contribution in [0.4, 0.5) is 5.69 Å². The quantitative estimate of drug-likeness (QED) is 0.826.